The molecule has 0 radical (unpaired) electrons. The van der Waals surface area contributed by atoms with Crippen molar-refractivity contribution in [2.45, 2.75) is 37.4 Å². The van der Waals surface area contributed by atoms with Gasteiger partial charge in [0.15, 0.2) is 11.5 Å². The summed E-state index contributed by atoms with van der Waals surface area (Å²) in [5.74, 6) is 1.71. The van der Waals surface area contributed by atoms with Crippen LogP contribution in [0, 0.1) is 0 Å². The SMILES string of the molecule is NC1CC(=O)N(C2CC2)C1c1ccc2c(c1)OCCO2. The molecular weight excluding hydrogens is 256 g/mol. The fourth-order valence-electron chi connectivity index (χ4n) is 3.22. The monoisotopic (exact) mass is 274 g/mol. The Morgan fingerprint density at radius 3 is 2.65 bits per heavy atom. The molecule has 1 saturated carbocycles. The number of nitrogens with zero attached hydrogens (tertiary/aromatic N) is 1. The molecule has 2 N–H and O–H groups in total. The molecule has 1 amide bonds. The van der Waals surface area contributed by atoms with Gasteiger partial charge in [-0.1, -0.05) is 6.07 Å². The van der Waals surface area contributed by atoms with Crippen LogP contribution in [0.3, 0.4) is 0 Å². The maximum absolute atomic E-state index is 12.1. The average Bonchev–Trinajstić information content (AvgIpc) is 3.24. The van der Waals surface area contributed by atoms with Gasteiger partial charge in [-0.15, -0.1) is 0 Å². The number of benzene rings is 1. The van der Waals surface area contributed by atoms with Crippen molar-refractivity contribution in [2.24, 2.45) is 5.73 Å². The van der Waals surface area contributed by atoms with Crippen molar-refractivity contribution in [1.82, 2.24) is 4.90 Å². The van der Waals surface area contributed by atoms with Crippen LogP contribution in [0.5, 0.6) is 11.5 Å². The summed E-state index contributed by atoms with van der Waals surface area (Å²) in [5, 5.41) is 0. The summed E-state index contributed by atoms with van der Waals surface area (Å²) in [4.78, 5) is 14.1. The highest BCUT2D eigenvalue weighted by molar-refractivity contribution is 5.81. The van der Waals surface area contributed by atoms with E-state index in [1.165, 1.54) is 0 Å². The number of fused-ring (bicyclic) bond motifs is 1. The zero-order chi connectivity index (χ0) is 13.7. The smallest absolute Gasteiger partial charge is 0.225 e. The molecule has 0 spiro atoms. The average molecular weight is 274 g/mol. The number of carbonyl (C=O) groups is 1. The zero-order valence-electron chi connectivity index (χ0n) is 11.2. The lowest BCUT2D eigenvalue weighted by molar-refractivity contribution is -0.129. The summed E-state index contributed by atoms with van der Waals surface area (Å²) < 4.78 is 11.2. The lowest BCUT2D eigenvalue weighted by Crippen LogP contribution is -2.34. The van der Waals surface area contributed by atoms with E-state index in [0.717, 1.165) is 29.9 Å². The highest BCUT2D eigenvalue weighted by Gasteiger charge is 2.46. The molecule has 2 atom stereocenters. The summed E-state index contributed by atoms with van der Waals surface area (Å²) in [7, 11) is 0. The maximum Gasteiger partial charge on any atom is 0.225 e. The summed E-state index contributed by atoms with van der Waals surface area (Å²) in [6, 6.07) is 6.13. The standard InChI is InChI=1S/C15H18N2O3/c16-11-8-14(18)17(10-2-3-10)15(11)9-1-4-12-13(7-9)20-6-5-19-12/h1,4,7,10-11,15H,2-3,5-6,8,16H2. The van der Waals surface area contributed by atoms with Crippen LogP contribution < -0.4 is 15.2 Å². The first-order valence-corrected chi connectivity index (χ1v) is 7.20. The van der Waals surface area contributed by atoms with Crippen molar-refractivity contribution in [3.05, 3.63) is 23.8 Å². The molecule has 0 aromatic heterocycles. The molecule has 5 heteroatoms. The minimum atomic E-state index is -0.134. The first-order valence-electron chi connectivity index (χ1n) is 7.20. The van der Waals surface area contributed by atoms with E-state index in [4.69, 9.17) is 15.2 Å². The third kappa shape index (κ3) is 1.85. The number of nitrogens with two attached hydrogens (primary N) is 1. The normalized spacial score (nSPS) is 28.9. The van der Waals surface area contributed by atoms with Crippen molar-refractivity contribution in [3.8, 4) is 11.5 Å². The van der Waals surface area contributed by atoms with Gasteiger partial charge >= 0.3 is 0 Å². The quantitative estimate of drug-likeness (QED) is 0.880. The van der Waals surface area contributed by atoms with Gasteiger partial charge in [0.05, 0.1) is 6.04 Å². The van der Waals surface area contributed by atoms with Gasteiger partial charge in [-0.2, -0.15) is 0 Å². The Bertz CT molecular complexity index is 556. The second-order valence-corrected chi connectivity index (χ2v) is 5.75. The van der Waals surface area contributed by atoms with E-state index in [1.807, 2.05) is 23.1 Å². The number of hydrogen-bond acceptors (Lipinski definition) is 4. The van der Waals surface area contributed by atoms with Crippen LogP contribution in [0.15, 0.2) is 18.2 Å². The fourth-order valence-corrected chi connectivity index (χ4v) is 3.22. The molecule has 1 aromatic carbocycles. The molecule has 0 bridgehead atoms. The van der Waals surface area contributed by atoms with E-state index in [9.17, 15) is 4.79 Å². The number of hydrogen-bond donors (Lipinski definition) is 1. The number of amides is 1. The molecule has 106 valence electrons. The Hall–Kier alpha value is -1.75. The first kappa shape index (κ1) is 12.0. The van der Waals surface area contributed by atoms with Crippen LogP contribution in [0.4, 0.5) is 0 Å². The Balaban J connectivity index is 1.70. The second kappa shape index (κ2) is 4.38. The van der Waals surface area contributed by atoms with Gasteiger partial charge in [-0.25, -0.2) is 0 Å². The Labute approximate surface area is 117 Å². The zero-order valence-corrected chi connectivity index (χ0v) is 11.2. The molecule has 1 aromatic rings. The fraction of sp³-hybridized carbons (Fsp3) is 0.533. The summed E-state index contributed by atoms with van der Waals surface area (Å²) >= 11 is 0. The predicted octanol–water partition coefficient (Wildman–Crippen LogP) is 1.22. The lowest BCUT2D eigenvalue weighted by atomic mass is 10.00. The van der Waals surface area contributed by atoms with Crippen LogP contribution in [0.1, 0.15) is 30.9 Å². The predicted molar refractivity (Wildman–Crippen MR) is 72.6 cm³/mol. The summed E-state index contributed by atoms with van der Waals surface area (Å²) in [5.41, 5.74) is 7.25. The largest absolute Gasteiger partial charge is 0.486 e. The lowest BCUT2D eigenvalue weighted by Gasteiger charge is -2.28. The van der Waals surface area contributed by atoms with Crippen LogP contribution in [-0.4, -0.2) is 36.1 Å². The summed E-state index contributed by atoms with van der Waals surface area (Å²) in [6.45, 7) is 1.15. The number of ether oxygens (including phenoxy) is 2. The van der Waals surface area contributed by atoms with Crippen molar-refractivity contribution < 1.29 is 14.3 Å². The van der Waals surface area contributed by atoms with Crippen molar-refractivity contribution in [1.29, 1.82) is 0 Å². The van der Waals surface area contributed by atoms with E-state index in [-0.39, 0.29) is 18.0 Å². The highest BCUT2D eigenvalue weighted by Crippen LogP contribution is 2.43. The van der Waals surface area contributed by atoms with Gasteiger partial charge in [0.1, 0.15) is 13.2 Å². The molecule has 1 aliphatic carbocycles. The van der Waals surface area contributed by atoms with E-state index in [1.54, 1.807) is 0 Å². The highest BCUT2D eigenvalue weighted by atomic mass is 16.6. The minimum absolute atomic E-state index is 0.0224. The second-order valence-electron chi connectivity index (χ2n) is 5.75. The van der Waals surface area contributed by atoms with Crippen LogP contribution in [0.2, 0.25) is 0 Å². The number of carbonyl (C=O) groups excluding carboxylic acids is 1. The topological polar surface area (TPSA) is 64.8 Å². The molecule has 2 aliphatic heterocycles. The van der Waals surface area contributed by atoms with Crippen LogP contribution in [0.25, 0.3) is 0 Å². The number of rotatable bonds is 2. The first-order chi connectivity index (χ1) is 9.74. The molecule has 2 unspecified atom stereocenters. The number of likely N-dealkylation sites (tertiary alicyclic amines) is 1. The van der Waals surface area contributed by atoms with Crippen molar-refractivity contribution in [2.75, 3.05) is 13.2 Å². The molecule has 5 nitrogen and oxygen atoms in total. The van der Waals surface area contributed by atoms with Gasteiger partial charge in [0.25, 0.3) is 0 Å². The molecule has 2 fully saturated rings. The van der Waals surface area contributed by atoms with Gasteiger partial charge in [0.2, 0.25) is 5.91 Å². The van der Waals surface area contributed by atoms with Crippen molar-refractivity contribution >= 4 is 5.91 Å². The molecule has 20 heavy (non-hydrogen) atoms. The van der Waals surface area contributed by atoms with E-state index >= 15 is 0 Å². The van der Waals surface area contributed by atoms with E-state index < -0.39 is 0 Å². The summed E-state index contributed by atoms with van der Waals surface area (Å²) in [6.07, 6.45) is 2.63. The Kier molecular flexibility index (Phi) is 2.63. The minimum Gasteiger partial charge on any atom is -0.486 e. The Morgan fingerprint density at radius 2 is 1.90 bits per heavy atom. The van der Waals surface area contributed by atoms with Crippen LogP contribution in [-0.2, 0) is 4.79 Å². The van der Waals surface area contributed by atoms with E-state index in [2.05, 4.69) is 0 Å². The van der Waals surface area contributed by atoms with Gasteiger partial charge in [-0.05, 0) is 30.5 Å². The van der Waals surface area contributed by atoms with E-state index in [0.29, 0.717) is 25.7 Å². The molecule has 1 saturated heterocycles. The van der Waals surface area contributed by atoms with Gasteiger partial charge in [-0.3, -0.25) is 4.79 Å². The molecule has 3 aliphatic rings. The third-order valence-corrected chi connectivity index (χ3v) is 4.25. The van der Waals surface area contributed by atoms with Crippen molar-refractivity contribution in [3.63, 3.8) is 0 Å². The molecule has 2 heterocycles. The van der Waals surface area contributed by atoms with Gasteiger partial charge < -0.3 is 20.1 Å². The van der Waals surface area contributed by atoms with Gasteiger partial charge in [0, 0.05) is 18.5 Å². The maximum atomic E-state index is 12.1. The molecular formula is C15H18N2O3. The molecule has 4 rings (SSSR count). The Morgan fingerprint density at radius 1 is 1.15 bits per heavy atom. The third-order valence-electron chi connectivity index (χ3n) is 4.25. The van der Waals surface area contributed by atoms with Crippen LogP contribution >= 0.6 is 0 Å².